The Morgan fingerprint density at radius 1 is 0.400 bits per heavy atom. The van der Waals surface area contributed by atoms with Gasteiger partial charge in [0.25, 0.3) is 0 Å². The average molecular weight is 777 g/mol. The molecule has 0 saturated heterocycles. The summed E-state index contributed by atoms with van der Waals surface area (Å²) in [5, 5.41) is 6.38. The number of nitrogens with zero attached hydrogens (tertiary/aromatic N) is 1. The summed E-state index contributed by atoms with van der Waals surface area (Å²) in [5.41, 5.74) is 26.8. The van der Waals surface area contributed by atoms with E-state index in [1.54, 1.807) is 0 Å². The quantitative estimate of drug-likeness (QED) is 0.178. The molecule has 1 aromatic heterocycles. The Balaban J connectivity index is 1.15. The molecule has 1 heterocycles. The summed E-state index contributed by atoms with van der Waals surface area (Å²) in [6.45, 7) is 18.2. The van der Waals surface area contributed by atoms with Gasteiger partial charge in [-0.2, -0.15) is 0 Å². The van der Waals surface area contributed by atoms with Gasteiger partial charge >= 0.3 is 0 Å². The zero-order chi connectivity index (χ0) is 41.4. The molecule has 2 unspecified atom stereocenters. The van der Waals surface area contributed by atoms with Crippen molar-refractivity contribution in [2.24, 2.45) is 0 Å². The topological polar surface area (TPSA) is 17.0 Å². The van der Waals surface area contributed by atoms with Crippen LogP contribution in [0.15, 0.2) is 152 Å². The van der Waals surface area contributed by atoms with Crippen LogP contribution < -0.4 is 5.32 Å². The van der Waals surface area contributed by atoms with Crippen LogP contribution in [0.2, 0.25) is 0 Å². The van der Waals surface area contributed by atoms with Gasteiger partial charge in [0.2, 0.25) is 0 Å². The largest absolute Gasteiger partial charge is 0.355 e. The first-order chi connectivity index (χ1) is 29.0. The van der Waals surface area contributed by atoms with E-state index in [9.17, 15) is 0 Å². The molecule has 2 atom stereocenters. The number of fused-ring (bicyclic) bond motifs is 6. The lowest BCUT2D eigenvalue weighted by atomic mass is 9.72. The average Bonchev–Trinajstić information content (AvgIpc) is 3.59. The van der Waals surface area contributed by atoms with E-state index in [0.717, 1.165) is 11.4 Å². The van der Waals surface area contributed by atoms with Gasteiger partial charge in [-0.05, 0) is 197 Å². The van der Waals surface area contributed by atoms with Crippen LogP contribution in [-0.2, 0) is 0 Å². The van der Waals surface area contributed by atoms with Crippen LogP contribution in [0, 0.1) is 41.5 Å². The Labute approximate surface area is 355 Å². The van der Waals surface area contributed by atoms with E-state index < -0.39 is 0 Å². The number of aromatic nitrogens is 1. The van der Waals surface area contributed by atoms with Crippen LogP contribution in [0.4, 0.5) is 11.4 Å². The highest BCUT2D eigenvalue weighted by Crippen LogP contribution is 2.51. The number of nitrogens with one attached hydrogen (secondary N) is 1. The molecule has 1 aliphatic rings. The van der Waals surface area contributed by atoms with Crippen molar-refractivity contribution >= 4 is 33.2 Å². The van der Waals surface area contributed by atoms with Crippen molar-refractivity contribution in [1.29, 1.82) is 0 Å². The molecule has 0 fully saturated rings. The number of rotatable bonds is 6. The minimum absolute atomic E-state index is 0.331. The third-order valence-corrected chi connectivity index (χ3v) is 13.9. The molecule has 0 aliphatic heterocycles. The van der Waals surface area contributed by atoms with Gasteiger partial charge in [0.05, 0.1) is 11.0 Å². The lowest BCUT2D eigenvalue weighted by molar-refractivity contribution is 0.617. The fraction of sp³-hybridized carbons (Fsp3) is 0.172. The Morgan fingerprint density at radius 2 is 0.933 bits per heavy atom. The highest BCUT2D eigenvalue weighted by molar-refractivity contribution is 6.12. The monoisotopic (exact) mass is 776 g/mol. The Kier molecular flexibility index (Phi) is 9.14. The molecule has 0 radical (unpaired) electrons. The van der Waals surface area contributed by atoms with Gasteiger partial charge in [-0.15, -0.1) is 0 Å². The van der Waals surface area contributed by atoms with Gasteiger partial charge in [-0.3, -0.25) is 0 Å². The number of hydrogen-bond acceptors (Lipinski definition) is 1. The molecule has 0 spiro atoms. The van der Waals surface area contributed by atoms with E-state index >= 15 is 0 Å². The van der Waals surface area contributed by atoms with Gasteiger partial charge in [-0.25, -0.2) is 0 Å². The van der Waals surface area contributed by atoms with Crippen molar-refractivity contribution in [3.05, 3.63) is 196 Å². The summed E-state index contributed by atoms with van der Waals surface area (Å²) >= 11 is 0. The predicted molar refractivity (Wildman–Crippen MR) is 258 cm³/mol. The van der Waals surface area contributed by atoms with Crippen LogP contribution in [0.1, 0.15) is 70.2 Å². The lowest BCUT2D eigenvalue weighted by Crippen LogP contribution is -2.13. The molecule has 0 amide bonds. The van der Waals surface area contributed by atoms with Gasteiger partial charge in [0, 0.05) is 33.4 Å². The minimum Gasteiger partial charge on any atom is -0.355 e. The van der Waals surface area contributed by atoms with Gasteiger partial charge in [0.15, 0.2) is 0 Å². The Hall–Kier alpha value is -6.64. The SMILES string of the molecule is Cc1cc(-c2ccc(Nc3ccccc3)c(-c3ccc4c(c3)C(C)C(C)c3cc5c6cc(-c7cc(C)c(C)c(C)c7)ccc6n(-c6ccccc6)c5cc3-4)c2)cc(C)c1C. The Morgan fingerprint density at radius 3 is 1.57 bits per heavy atom. The summed E-state index contributed by atoms with van der Waals surface area (Å²) in [7, 11) is 0. The van der Waals surface area contributed by atoms with Crippen molar-refractivity contribution in [3.8, 4) is 50.2 Å². The van der Waals surface area contributed by atoms with Crippen LogP contribution in [0.5, 0.6) is 0 Å². The van der Waals surface area contributed by atoms with Crippen LogP contribution in [0.25, 0.3) is 72.0 Å². The molecule has 9 aromatic rings. The summed E-state index contributed by atoms with van der Waals surface area (Å²) in [6, 6.07) is 57.0. The van der Waals surface area contributed by atoms with Gasteiger partial charge < -0.3 is 9.88 Å². The van der Waals surface area contributed by atoms with E-state index in [1.165, 1.54) is 117 Å². The third-order valence-electron chi connectivity index (χ3n) is 13.9. The molecular weight excluding hydrogens is 725 g/mol. The zero-order valence-electron chi connectivity index (χ0n) is 36.0. The second-order valence-corrected chi connectivity index (χ2v) is 17.5. The molecule has 10 rings (SSSR count). The first-order valence-electron chi connectivity index (χ1n) is 21.5. The van der Waals surface area contributed by atoms with Crippen molar-refractivity contribution in [3.63, 3.8) is 0 Å². The normalized spacial score (nSPS) is 14.7. The molecular formula is C58H52N2. The first kappa shape index (κ1) is 37.6. The summed E-state index contributed by atoms with van der Waals surface area (Å²) < 4.78 is 2.47. The fourth-order valence-corrected chi connectivity index (χ4v) is 9.77. The Bertz CT molecular complexity index is 3100. The van der Waals surface area contributed by atoms with E-state index in [2.05, 4.69) is 217 Å². The molecule has 8 aromatic carbocycles. The zero-order valence-corrected chi connectivity index (χ0v) is 36.0. The molecule has 0 saturated carbocycles. The minimum atomic E-state index is 0.331. The lowest BCUT2D eigenvalue weighted by Gasteiger charge is -2.32. The second kappa shape index (κ2) is 14.6. The van der Waals surface area contributed by atoms with Crippen LogP contribution >= 0.6 is 0 Å². The highest BCUT2D eigenvalue weighted by Gasteiger charge is 2.30. The summed E-state index contributed by atoms with van der Waals surface area (Å²) in [4.78, 5) is 0. The van der Waals surface area contributed by atoms with Crippen molar-refractivity contribution < 1.29 is 0 Å². The smallest absolute Gasteiger partial charge is 0.0547 e. The molecule has 2 nitrogen and oxygen atoms in total. The number of anilines is 2. The number of hydrogen-bond donors (Lipinski definition) is 1. The predicted octanol–water partition coefficient (Wildman–Crippen LogP) is 16.3. The van der Waals surface area contributed by atoms with E-state index in [0.29, 0.717) is 11.8 Å². The molecule has 1 N–H and O–H groups in total. The maximum Gasteiger partial charge on any atom is 0.0547 e. The van der Waals surface area contributed by atoms with E-state index in [4.69, 9.17) is 0 Å². The molecule has 2 heteroatoms. The summed E-state index contributed by atoms with van der Waals surface area (Å²) in [5.74, 6) is 0.664. The van der Waals surface area contributed by atoms with E-state index in [1.807, 2.05) is 0 Å². The molecule has 1 aliphatic carbocycles. The number of benzene rings is 8. The van der Waals surface area contributed by atoms with E-state index in [-0.39, 0.29) is 0 Å². The maximum atomic E-state index is 3.77. The van der Waals surface area contributed by atoms with Crippen molar-refractivity contribution in [2.75, 3.05) is 5.32 Å². The standard InChI is InChI=1S/C58H52N2/c1-34-25-45(26-35(2)38(34)5)42-20-23-56(59-47-15-11-9-12-16-47)52(29-42)44-19-22-49-50(31-44)40(7)41(8)51-32-55-54-30-43(46-27-36(3)39(6)37(4)28-46)21-24-57(54)60(58(55)33-53(49)51)48-17-13-10-14-18-48/h9-33,40-41,59H,1-8H3. The highest BCUT2D eigenvalue weighted by atomic mass is 15.0. The van der Waals surface area contributed by atoms with Crippen molar-refractivity contribution in [1.82, 2.24) is 4.57 Å². The fourth-order valence-electron chi connectivity index (χ4n) is 9.77. The van der Waals surface area contributed by atoms with Crippen LogP contribution in [-0.4, -0.2) is 4.57 Å². The second-order valence-electron chi connectivity index (χ2n) is 17.5. The molecule has 0 bridgehead atoms. The molecule has 60 heavy (non-hydrogen) atoms. The number of aryl methyl sites for hydroxylation is 4. The number of para-hydroxylation sites is 2. The van der Waals surface area contributed by atoms with Crippen molar-refractivity contribution in [2.45, 2.75) is 67.2 Å². The third kappa shape index (κ3) is 6.25. The van der Waals surface area contributed by atoms with Crippen LogP contribution in [0.3, 0.4) is 0 Å². The van der Waals surface area contributed by atoms with Gasteiger partial charge in [0.1, 0.15) is 0 Å². The summed E-state index contributed by atoms with van der Waals surface area (Å²) in [6.07, 6.45) is 0. The van der Waals surface area contributed by atoms with Gasteiger partial charge in [-0.1, -0.05) is 105 Å². The maximum absolute atomic E-state index is 3.77. The molecule has 294 valence electrons. The first-order valence-corrected chi connectivity index (χ1v) is 21.5.